The summed E-state index contributed by atoms with van der Waals surface area (Å²) in [6.45, 7) is 11.5. The molecule has 8 nitrogen and oxygen atoms in total. The van der Waals surface area contributed by atoms with Crippen LogP contribution >= 0.6 is 24.0 Å². The van der Waals surface area contributed by atoms with E-state index in [2.05, 4.69) is 25.8 Å². The lowest BCUT2D eigenvalue weighted by atomic mass is 10.1. The molecule has 2 atom stereocenters. The summed E-state index contributed by atoms with van der Waals surface area (Å²) < 4.78 is 5.34. The van der Waals surface area contributed by atoms with Gasteiger partial charge in [0.25, 0.3) is 0 Å². The van der Waals surface area contributed by atoms with Crippen molar-refractivity contribution in [2.24, 2.45) is 10.9 Å². The fourth-order valence-corrected chi connectivity index (χ4v) is 3.27. The highest BCUT2D eigenvalue weighted by Crippen LogP contribution is 2.15. The zero-order chi connectivity index (χ0) is 23.0. The van der Waals surface area contributed by atoms with Crippen molar-refractivity contribution in [1.29, 1.82) is 0 Å². The smallest absolute Gasteiger partial charge is 0.407 e. The summed E-state index contributed by atoms with van der Waals surface area (Å²) >= 11 is 0. The van der Waals surface area contributed by atoms with Crippen LogP contribution in [0.5, 0.6) is 0 Å². The molecule has 0 spiro atoms. The van der Waals surface area contributed by atoms with Gasteiger partial charge in [-0.15, -0.1) is 24.0 Å². The number of nitrogens with zero attached hydrogens (tertiary/aromatic N) is 2. The largest absolute Gasteiger partial charge is 0.444 e. The SMILES string of the molecule is CCC(C)C(=O)Nc1cccc(CNC(=NC)N2CCC(NC(=O)OC(C)(C)C)C2)c1.I. The van der Waals surface area contributed by atoms with Gasteiger partial charge in [0.15, 0.2) is 5.96 Å². The maximum atomic E-state index is 12.1. The van der Waals surface area contributed by atoms with Crippen LogP contribution < -0.4 is 16.0 Å². The van der Waals surface area contributed by atoms with Crippen molar-refractivity contribution in [2.75, 3.05) is 25.5 Å². The molecule has 1 aliphatic rings. The van der Waals surface area contributed by atoms with Crippen molar-refractivity contribution in [3.05, 3.63) is 29.8 Å². The summed E-state index contributed by atoms with van der Waals surface area (Å²) in [5, 5.41) is 9.28. The summed E-state index contributed by atoms with van der Waals surface area (Å²) in [5.41, 5.74) is 1.33. The molecule has 9 heteroatoms. The van der Waals surface area contributed by atoms with E-state index in [9.17, 15) is 9.59 Å². The molecule has 0 radical (unpaired) electrons. The number of guanidine groups is 1. The molecule has 2 amide bonds. The Labute approximate surface area is 209 Å². The van der Waals surface area contributed by atoms with Gasteiger partial charge in [-0.05, 0) is 51.3 Å². The Balaban J connectivity index is 0.00000512. The minimum Gasteiger partial charge on any atom is -0.444 e. The number of benzene rings is 1. The second-order valence-electron chi connectivity index (χ2n) is 8.98. The van der Waals surface area contributed by atoms with Gasteiger partial charge in [-0.3, -0.25) is 9.79 Å². The maximum Gasteiger partial charge on any atom is 0.407 e. The number of anilines is 1. The second kappa shape index (κ2) is 12.9. The number of rotatable bonds is 6. The Morgan fingerprint density at radius 2 is 2.03 bits per heavy atom. The number of carbonyl (C=O) groups excluding carboxylic acids is 2. The summed E-state index contributed by atoms with van der Waals surface area (Å²) in [6.07, 6.45) is 1.25. The zero-order valence-corrected chi connectivity index (χ0v) is 22.4. The number of amides is 2. The molecule has 0 saturated carbocycles. The van der Waals surface area contributed by atoms with Crippen LogP contribution in [0.3, 0.4) is 0 Å². The monoisotopic (exact) mass is 559 g/mol. The van der Waals surface area contributed by atoms with Gasteiger partial charge in [0.2, 0.25) is 5.91 Å². The molecular weight excluding hydrogens is 521 g/mol. The molecular formula is C23H38IN5O3. The summed E-state index contributed by atoms with van der Waals surface area (Å²) in [7, 11) is 1.75. The molecule has 3 N–H and O–H groups in total. The van der Waals surface area contributed by atoms with Gasteiger partial charge in [-0.25, -0.2) is 4.79 Å². The molecule has 1 aromatic rings. The third kappa shape index (κ3) is 9.22. The molecule has 1 fully saturated rings. The van der Waals surface area contributed by atoms with Gasteiger partial charge < -0.3 is 25.6 Å². The lowest BCUT2D eigenvalue weighted by Gasteiger charge is -2.23. The van der Waals surface area contributed by atoms with Crippen LogP contribution in [0.25, 0.3) is 0 Å². The molecule has 32 heavy (non-hydrogen) atoms. The first kappa shape index (κ1) is 28.0. The molecule has 0 aromatic heterocycles. The van der Waals surface area contributed by atoms with Crippen LogP contribution in [0.2, 0.25) is 0 Å². The lowest BCUT2D eigenvalue weighted by molar-refractivity contribution is -0.119. The third-order valence-corrected chi connectivity index (χ3v) is 5.13. The normalized spacial score (nSPS) is 17.2. The predicted octanol–water partition coefficient (Wildman–Crippen LogP) is 3.96. The number of nitrogens with one attached hydrogen (secondary N) is 3. The van der Waals surface area contributed by atoms with Crippen molar-refractivity contribution in [3.8, 4) is 0 Å². The molecule has 1 aromatic carbocycles. The topological polar surface area (TPSA) is 95.1 Å². The minimum atomic E-state index is -0.511. The Kier molecular flexibility index (Phi) is 11.2. The Hall–Kier alpha value is -2.04. The van der Waals surface area contributed by atoms with E-state index in [0.29, 0.717) is 13.1 Å². The van der Waals surface area contributed by atoms with Crippen LogP contribution in [0.4, 0.5) is 10.5 Å². The van der Waals surface area contributed by atoms with Crippen molar-refractivity contribution >= 4 is 47.6 Å². The zero-order valence-electron chi connectivity index (χ0n) is 20.0. The van der Waals surface area contributed by atoms with Gasteiger partial charge in [-0.1, -0.05) is 26.0 Å². The first-order valence-electron chi connectivity index (χ1n) is 11.0. The van der Waals surface area contributed by atoms with Crippen LogP contribution in [0.1, 0.15) is 53.0 Å². The molecule has 0 bridgehead atoms. The molecule has 1 heterocycles. The molecule has 2 unspecified atom stereocenters. The molecule has 0 aliphatic carbocycles. The van der Waals surface area contributed by atoms with Crippen LogP contribution in [-0.4, -0.2) is 54.6 Å². The van der Waals surface area contributed by atoms with E-state index in [4.69, 9.17) is 4.74 Å². The lowest BCUT2D eigenvalue weighted by Crippen LogP contribution is -2.44. The molecule has 1 saturated heterocycles. The average molecular weight is 559 g/mol. The first-order valence-corrected chi connectivity index (χ1v) is 11.0. The Bertz CT molecular complexity index is 794. The number of halogens is 1. The van der Waals surface area contributed by atoms with Crippen molar-refractivity contribution < 1.29 is 14.3 Å². The van der Waals surface area contributed by atoms with Gasteiger partial charge in [-0.2, -0.15) is 0 Å². The van der Waals surface area contributed by atoms with E-state index < -0.39 is 11.7 Å². The minimum absolute atomic E-state index is 0. The number of carbonyl (C=O) groups is 2. The van der Waals surface area contributed by atoms with Crippen LogP contribution in [0.15, 0.2) is 29.3 Å². The number of hydrogen-bond donors (Lipinski definition) is 3. The maximum absolute atomic E-state index is 12.1. The van der Waals surface area contributed by atoms with E-state index in [0.717, 1.165) is 36.6 Å². The number of likely N-dealkylation sites (tertiary alicyclic amines) is 1. The Morgan fingerprint density at radius 3 is 2.66 bits per heavy atom. The van der Waals surface area contributed by atoms with E-state index in [-0.39, 0.29) is 41.8 Å². The molecule has 2 rings (SSSR count). The highest BCUT2D eigenvalue weighted by atomic mass is 127. The predicted molar refractivity (Wildman–Crippen MR) is 139 cm³/mol. The van der Waals surface area contributed by atoms with Crippen molar-refractivity contribution in [2.45, 2.75) is 65.6 Å². The second-order valence-corrected chi connectivity index (χ2v) is 8.98. The third-order valence-electron chi connectivity index (χ3n) is 5.13. The summed E-state index contributed by atoms with van der Waals surface area (Å²) in [6, 6.07) is 7.83. The fraction of sp³-hybridized carbons (Fsp3) is 0.609. The summed E-state index contributed by atoms with van der Waals surface area (Å²) in [4.78, 5) is 30.6. The van der Waals surface area contributed by atoms with Gasteiger partial charge >= 0.3 is 6.09 Å². The van der Waals surface area contributed by atoms with Crippen LogP contribution in [0, 0.1) is 5.92 Å². The van der Waals surface area contributed by atoms with E-state index in [1.807, 2.05) is 58.9 Å². The van der Waals surface area contributed by atoms with Crippen LogP contribution in [-0.2, 0) is 16.1 Å². The van der Waals surface area contributed by atoms with E-state index in [1.165, 1.54) is 0 Å². The molecule has 1 aliphatic heterocycles. The first-order chi connectivity index (χ1) is 14.6. The van der Waals surface area contributed by atoms with Gasteiger partial charge in [0, 0.05) is 38.3 Å². The Morgan fingerprint density at radius 1 is 1.31 bits per heavy atom. The number of alkyl carbamates (subject to hydrolysis) is 1. The highest BCUT2D eigenvalue weighted by molar-refractivity contribution is 14.0. The van der Waals surface area contributed by atoms with Crippen molar-refractivity contribution in [1.82, 2.24) is 15.5 Å². The number of hydrogen-bond acceptors (Lipinski definition) is 4. The van der Waals surface area contributed by atoms with Gasteiger partial charge in [0.05, 0.1) is 6.04 Å². The fourth-order valence-electron chi connectivity index (χ4n) is 3.27. The molecule has 180 valence electrons. The number of aliphatic imine (C=N–C) groups is 1. The average Bonchev–Trinajstić information content (AvgIpc) is 3.14. The highest BCUT2D eigenvalue weighted by Gasteiger charge is 2.27. The van der Waals surface area contributed by atoms with Crippen molar-refractivity contribution in [3.63, 3.8) is 0 Å². The van der Waals surface area contributed by atoms with E-state index >= 15 is 0 Å². The summed E-state index contributed by atoms with van der Waals surface area (Å²) in [5.74, 6) is 0.796. The quantitative estimate of drug-likeness (QED) is 0.279. The standard InChI is InChI=1S/C23H37N5O3.HI/c1-7-16(2)20(29)26-18-10-8-9-17(13-18)14-25-21(24-6)28-12-11-19(15-28)27-22(30)31-23(3,4)5;/h8-10,13,16,19H,7,11-12,14-15H2,1-6H3,(H,24,25)(H,26,29)(H,27,30);1H. The number of ether oxygens (including phenoxy) is 1. The van der Waals surface area contributed by atoms with E-state index in [1.54, 1.807) is 7.05 Å². The van der Waals surface area contributed by atoms with Gasteiger partial charge in [0.1, 0.15) is 5.60 Å².